The van der Waals surface area contributed by atoms with Crippen LogP contribution >= 0.6 is 15.9 Å². The first kappa shape index (κ1) is 13.2. The van der Waals surface area contributed by atoms with Crippen molar-refractivity contribution in [3.63, 3.8) is 0 Å². The average Bonchev–Trinajstić information content (AvgIpc) is 2.73. The first-order chi connectivity index (χ1) is 9.58. The molecule has 0 aliphatic carbocycles. The smallest absolute Gasteiger partial charge is 0.336 e. The summed E-state index contributed by atoms with van der Waals surface area (Å²) in [6, 6.07) is 14.1. The predicted molar refractivity (Wildman–Crippen MR) is 82.8 cm³/mol. The Morgan fingerprint density at radius 1 is 1.30 bits per heavy atom. The summed E-state index contributed by atoms with van der Waals surface area (Å²) in [5.41, 5.74) is 3.83. The molecular weight excluding hydrogens is 318 g/mol. The van der Waals surface area contributed by atoms with Crippen LogP contribution in [0.25, 0.3) is 0 Å². The van der Waals surface area contributed by atoms with E-state index in [1.807, 2.05) is 18.2 Å². The molecule has 4 heteroatoms. The predicted octanol–water partition coefficient (Wildman–Crippen LogP) is 4.23. The van der Waals surface area contributed by atoms with E-state index in [1.54, 1.807) is 6.07 Å². The Balaban J connectivity index is 2.06. The Morgan fingerprint density at radius 3 is 2.75 bits per heavy atom. The maximum atomic E-state index is 11.1. The van der Waals surface area contributed by atoms with Crippen LogP contribution < -0.4 is 4.90 Å². The molecular formula is C16H14BrNO2. The zero-order chi connectivity index (χ0) is 14.3. The van der Waals surface area contributed by atoms with Crippen LogP contribution in [0.5, 0.6) is 0 Å². The molecule has 3 nitrogen and oxygen atoms in total. The molecule has 0 bridgehead atoms. The second-order valence-electron chi connectivity index (χ2n) is 5.02. The van der Waals surface area contributed by atoms with Gasteiger partial charge in [0.05, 0.1) is 5.56 Å². The number of benzene rings is 2. The maximum absolute atomic E-state index is 11.1. The summed E-state index contributed by atoms with van der Waals surface area (Å²) in [6.45, 7) is 2.18. The van der Waals surface area contributed by atoms with Gasteiger partial charge in [-0.05, 0) is 59.1 Å². The van der Waals surface area contributed by atoms with Gasteiger partial charge in [0, 0.05) is 21.9 Å². The van der Waals surface area contributed by atoms with Crippen LogP contribution in [0.3, 0.4) is 0 Å². The van der Waals surface area contributed by atoms with Crippen LogP contribution in [-0.2, 0) is 6.42 Å². The number of nitrogens with zero attached hydrogens (tertiary/aromatic N) is 1. The van der Waals surface area contributed by atoms with Gasteiger partial charge in [-0.3, -0.25) is 0 Å². The molecule has 1 aliphatic rings. The van der Waals surface area contributed by atoms with E-state index in [0.717, 1.165) is 12.1 Å². The molecule has 0 fully saturated rings. The van der Waals surface area contributed by atoms with Crippen molar-refractivity contribution in [3.05, 3.63) is 58.1 Å². The SMILES string of the molecule is CC1Cc2ccccc2N1c1ccc(C(=O)O)c(Br)c1. The maximum Gasteiger partial charge on any atom is 0.336 e. The van der Waals surface area contributed by atoms with Crippen LogP contribution in [0.1, 0.15) is 22.8 Å². The largest absolute Gasteiger partial charge is 0.478 e. The normalized spacial score (nSPS) is 17.1. The number of halogens is 1. The first-order valence-corrected chi connectivity index (χ1v) is 7.27. The van der Waals surface area contributed by atoms with Gasteiger partial charge in [-0.1, -0.05) is 18.2 Å². The van der Waals surface area contributed by atoms with Crippen LogP contribution in [0.4, 0.5) is 11.4 Å². The van der Waals surface area contributed by atoms with Crippen molar-refractivity contribution in [3.8, 4) is 0 Å². The molecule has 1 heterocycles. The van der Waals surface area contributed by atoms with Crippen molar-refractivity contribution in [1.29, 1.82) is 0 Å². The van der Waals surface area contributed by atoms with Gasteiger partial charge in [0.15, 0.2) is 0 Å². The van der Waals surface area contributed by atoms with Crippen molar-refractivity contribution >= 4 is 33.3 Å². The minimum absolute atomic E-state index is 0.286. The van der Waals surface area contributed by atoms with Gasteiger partial charge in [0.25, 0.3) is 0 Å². The standard InChI is InChI=1S/C16H14BrNO2/c1-10-8-11-4-2-3-5-15(11)18(10)12-6-7-13(16(19)20)14(17)9-12/h2-7,9-10H,8H2,1H3,(H,19,20). The highest BCUT2D eigenvalue weighted by Crippen LogP contribution is 2.39. The number of carboxylic acids is 1. The van der Waals surface area contributed by atoms with E-state index in [4.69, 9.17) is 5.11 Å². The fourth-order valence-electron chi connectivity index (χ4n) is 2.79. The second-order valence-corrected chi connectivity index (χ2v) is 5.88. The van der Waals surface area contributed by atoms with E-state index in [9.17, 15) is 4.79 Å². The number of fused-ring (bicyclic) bond motifs is 1. The molecule has 102 valence electrons. The summed E-state index contributed by atoms with van der Waals surface area (Å²) in [5, 5.41) is 9.09. The molecule has 0 aromatic heterocycles. The third-order valence-corrected chi connectivity index (χ3v) is 4.32. The topological polar surface area (TPSA) is 40.5 Å². The van der Waals surface area contributed by atoms with E-state index in [0.29, 0.717) is 10.5 Å². The molecule has 0 radical (unpaired) electrons. The van der Waals surface area contributed by atoms with Gasteiger partial charge in [0.1, 0.15) is 0 Å². The molecule has 2 aromatic rings. The van der Waals surface area contributed by atoms with Crippen molar-refractivity contribution in [2.24, 2.45) is 0 Å². The third-order valence-electron chi connectivity index (χ3n) is 3.67. The van der Waals surface area contributed by atoms with Gasteiger partial charge in [-0.2, -0.15) is 0 Å². The zero-order valence-electron chi connectivity index (χ0n) is 11.0. The molecule has 0 amide bonds. The van der Waals surface area contributed by atoms with Gasteiger partial charge in [-0.25, -0.2) is 4.79 Å². The van der Waals surface area contributed by atoms with E-state index in [2.05, 4.69) is 46.0 Å². The van der Waals surface area contributed by atoms with Crippen molar-refractivity contribution in [2.75, 3.05) is 4.90 Å². The highest BCUT2D eigenvalue weighted by atomic mass is 79.9. The monoisotopic (exact) mass is 331 g/mol. The number of carboxylic acid groups (broad SMARTS) is 1. The lowest BCUT2D eigenvalue weighted by molar-refractivity contribution is 0.0696. The summed E-state index contributed by atoms with van der Waals surface area (Å²) in [4.78, 5) is 13.3. The lowest BCUT2D eigenvalue weighted by atomic mass is 10.1. The molecule has 1 aliphatic heterocycles. The van der Waals surface area contributed by atoms with E-state index in [1.165, 1.54) is 11.3 Å². The van der Waals surface area contributed by atoms with Crippen LogP contribution in [0, 0.1) is 0 Å². The molecule has 1 N–H and O–H groups in total. The number of hydrogen-bond acceptors (Lipinski definition) is 2. The molecule has 20 heavy (non-hydrogen) atoms. The molecule has 1 unspecified atom stereocenters. The minimum Gasteiger partial charge on any atom is -0.478 e. The number of aromatic carboxylic acids is 1. The van der Waals surface area contributed by atoms with Gasteiger partial charge in [0.2, 0.25) is 0 Å². The Morgan fingerprint density at radius 2 is 2.05 bits per heavy atom. The highest BCUT2D eigenvalue weighted by molar-refractivity contribution is 9.10. The van der Waals surface area contributed by atoms with Gasteiger partial charge < -0.3 is 10.0 Å². The van der Waals surface area contributed by atoms with E-state index < -0.39 is 5.97 Å². The number of rotatable bonds is 2. The van der Waals surface area contributed by atoms with Crippen LogP contribution in [0.15, 0.2) is 46.9 Å². The Hall–Kier alpha value is -1.81. The number of para-hydroxylation sites is 1. The molecule has 2 aromatic carbocycles. The summed E-state index contributed by atoms with van der Waals surface area (Å²) < 4.78 is 0.610. The fourth-order valence-corrected chi connectivity index (χ4v) is 3.32. The van der Waals surface area contributed by atoms with Crippen molar-refractivity contribution in [2.45, 2.75) is 19.4 Å². The number of hydrogen-bond donors (Lipinski definition) is 1. The number of anilines is 2. The van der Waals surface area contributed by atoms with Gasteiger partial charge >= 0.3 is 5.97 Å². The quantitative estimate of drug-likeness (QED) is 0.895. The third kappa shape index (κ3) is 2.10. The molecule has 3 rings (SSSR count). The Bertz CT molecular complexity index is 684. The average molecular weight is 332 g/mol. The van der Waals surface area contributed by atoms with Crippen LogP contribution in [0.2, 0.25) is 0 Å². The Labute approximate surface area is 126 Å². The second kappa shape index (κ2) is 4.94. The van der Waals surface area contributed by atoms with Crippen LogP contribution in [-0.4, -0.2) is 17.1 Å². The minimum atomic E-state index is -0.918. The lowest BCUT2D eigenvalue weighted by Gasteiger charge is -2.25. The molecule has 0 saturated carbocycles. The van der Waals surface area contributed by atoms with Gasteiger partial charge in [-0.15, -0.1) is 0 Å². The summed E-state index contributed by atoms with van der Waals surface area (Å²) in [5.74, 6) is -0.918. The lowest BCUT2D eigenvalue weighted by Crippen LogP contribution is -2.23. The van der Waals surface area contributed by atoms with Crippen molar-refractivity contribution < 1.29 is 9.90 Å². The first-order valence-electron chi connectivity index (χ1n) is 6.48. The summed E-state index contributed by atoms with van der Waals surface area (Å²) >= 11 is 3.35. The van der Waals surface area contributed by atoms with Crippen molar-refractivity contribution in [1.82, 2.24) is 0 Å². The summed E-state index contributed by atoms with van der Waals surface area (Å²) in [6.07, 6.45) is 1.01. The van der Waals surface area contributed by atoms with E-state index >= 15 is 0 Å². The molecule has 0 spiro atoms. The highest BCUT2D eigenvalue weighted by Gasteiger charge is 2.27. The number of carbonyl (C=O) groups is 1. The molecule has 0 saturated heterocycles. The van der Waals surface area contributed by atoms with E-state index in [-0.39, 0.29) is 5.56 Å². The fraction of sp³-hybridized carbons (Fsp3) is 0.188. The Kier molecular flexibility index (Phi) is 3.26. The summed E-state index contributed by atoms with van der Waals surface area (Å²) in [7, 11) is 0. The zero-order valence-corrected chi connectivity index (χ0v) is 12.6. The molecule has 1 atom stereocenters.